The van der Waals surface area contributed by atoms with Crippen molar-refractivity contribution >= 4 is 10.0 Å². The van der Waals surface area contributed by atoms with Gasteiger partial charge in [0, 0.05) is 24.6 Å². The maximum Gasteiger partial charge on any atom is 0.240 e. The Labute approximate surface area is 279 Å². The van der Waals surface area contributed by atoms with Crippen LogP contribution in [0, 0.1) is 5.92 Å². The predicted molar refractivity (Wildman–Crippen MR) is 185 cm³/mol. The predicted octanol–water partition coefficient (Wildman–Crippen LogP) is 7.38. The van der Waals surface area contributed by atoms with Crippen molar-refractivity contribution in [3.05, 3.63) is 125 Å². The van der Waals surface area contributed by atoms with Crippen molar-refractivity contribution in [3.8, 4) is 11.1 Å². The molecule has 0 bridgehead atoms. The molecule has 2 aliphatic heterocycles. The molecule has 47 heavy (non-hydrogen) atoms. The van der Waals surface area contributed by atoms with E-state index < -0.39 is 16.3 Å². The molecule has 4 aromatic carbocycles. The molecule has 2 N–H and O–H groups in total. The zero-order valence-corrected chi connectivity index (χ0v) is 27.9. The number of benzene rings is 4. The van der Waals surface area contributed by atoms with Crippen molar-refractivity contribution in [1.82, 2.24) is 9.62 Å². The van der Waals surface area contributed by atoms with Gasteiger partial charge >= 0.3 is 0 Å². The van der Waals surface area contributed by atoms with Gasteiger partial charge < -0.3 is 19.5 Å². The number of nitrogens with one attached hydrogen (secondary N) is 1. The molecule has 2 aliphatic rings. The summed E-state index contributed by atoms with van der Waals surface area (Å²) in [6.45, 7) is 5.54. The van der Waals surface area contributed by atoms with Crippen molar-refractivity contribution in [2.45, 2.75) is 75.6 Å². The van der Waals surface area contributed by atoms with Gasteiger partial charge in [-0.3, -0.25) is 0 Å². The standard InChI is InChI=1S/C39H46N2O5S/c1-29-37(27-41-23-8-3-2-4-9-24-41)45-39(46-38(29)33-17-15-30(28-42)16-18-33)34-21-19-32(20-22-34)35-12-10-11-31(25-35)26-40-47(43,44)36-13-6-5-7-14-36/h5-7,10-22,25,29,37-40,42H,2-4,8-9,23-24,26-28H2,1H3. The fourth-order valence-electron chi connectivity index (χ4n) is 6.63. The summed E-state index contributed by atoms with van der Waals surface area (Å²) in [4.78, 5) is 2.83. The van der Waals surface area contributed by atoms with Crippen LogP contribution in [-0.4, -0.2) is 44.2 Å². The number of hydrogen-bond donors (Lipinski definition) is 2. The lowest BCUT2D eigenvalue weighted by molar-refractivity contribution is -0.276. The molecule has 0 spiro atoms. The van der Waals surface area contributed by atoms with Gasteiger partial charge in [0.15, 0.2) is 6.29 Å². The molecule has 0 aromatic heterocycles. The monoisotopic (exact) mass is 654 g/mol. The molecular weight excluding hydrogens is 609 g/mol. The Hall–Kier alpha value is -3.37. The van der Waals surface area contributed by atoms with Gasteiger partial charge in [-0.2, -0.15) is 0 Å². The first kappa shape index (κ1) is 33.5. The quantitative estimate of drug-likeness (QED) is 0.186. The zero-order valence-electron chi connectivity index (χ0n) is 27.1. The van der Waals surface area contributed by atoms with E-state index in [1.165, 1.54) is 32.1 Å². The maximum atomic E-state index is 12.7. The van der Waals surface area contributed by atoms with Gasteiger partial charge in [-0.15, -0.1) is 0 Å². The van der Waals surface area contributed by atoms with Crippen LogP contribution in [0.25, 0.3) is 11.1 Å². The Kier molecular flexibility index (Phi) is 11.2. The molecule has 4 atom stereocenters. The van der Waals surface area contributed by atoms with Crippen molar-refractivity contribution in [1.29, 1.82) is 0 Å². The van der Waals surface area contributed by atoms with Crippen LogP contribution >= 0.6 is 0 Å². The average Bonchev–Trinajstić information content (AvgIpc) is 3.10. The Morgan fingerprint density at radius 2 is 1.43 bits per heavy atom. The number of aliphatic hydroxyl groups excluding tert-OH is 1. The molecule has 0 radical (unpaired) electrons. The molecule has 2 heterocycles. The summed E-state index contributed by atoms with van der Waals surface area (Å²) < 4.78 is 41.6. The summed E-state index contributed by atoms with van der Waals surface area (Å²) >= 11 is 0. The van der Waals surface area contributed by atoms with Gasteiger partial charge in [0.25, 0.3) is 0 Å². The first-order valence-electron chi connectivity index (χ1n) is 16.9. The summed E-state index contributed by atoms with van der Waals surface area (Å²) in [7, 11) is -3.60. The largest absolute Gasteiger partial charge is 0.392 e. The molecule has 8 heteroatoms. The number of rotatable bonds is 10. The Bertz CT molecular complexity index is 1670. The van der Waals surface area contributed by atoms with E-state index in [0.717, 1.165) is 53.0 Å². The summed E-state index contributed by atoms with van der Waals surface area (Å²) in [5, 5.41) is 9.59. The number of aliphatic hydroxyl groups is 1. The lowest BCUT2D eigenvalue weighted by atomic mass is 9.89. The SMILES string of the molecule is CC1C(CN2CCCCCCC2)OC(c2ccc(-c3cccc(CNS(=O)(=O)c4ccccc4)c3)cc2)OC1c1ccc(CO)cc1. The minimum Gasteiger partial charge on any atom is -0.392 e. The zero-order chi connectivity index (χ0) is 32.6. The highest BCUT2D eigenvalue weighted by Crippen LogP contribution is 2.42. The third-order valence-corrected chi connectivity index (χ3v) is 10.9. The minimum absolute atomic E-state index is 0.00622. The molecule has 7 nitrogen and oxygen atoms in total. The second-order valence-electron chi connectivity index (χ2n) is 12.9. The summed E-state index contributed by atoms with van der Waals surface area (Å²) in [6.07, 6.45) is 5.73. The number of nitrogens with zero attached hydrogens (tertiary/aromatic N) is 1. The molecule has 4 aromatic rings. The van der Waals surface area contributed by atoms with Gasteiger partial charge in [-0.05, 0) is 71.9 Å². The topological polar surface area (TPSA) is 88.1 Å². The first-order chi connectivity index (χ1) is 22.9. The van der Waals surface area contributed by atoms with Crippen molar-refractivity contribution < 1.29 is 23.0 Å². The molecular formula is C39H46N2O5S. The lowest BCUT2D eigenvalue weighted by Gasteiger charge is -2.43. The third-order valence-electron chi connectivity index (χ3n) is 9.47. The van der Waals surface area contributed by atoms with Gasteiger partial charge in [0.2, 0.25) is 10.0 Å². The molecule has 6 rings (SSSR count). The highest BCUT2D eigenvalue weighted by molar-refractivity contribution is 7.89. The molecule has 0 saturated carbocycles. The maximum absolute atomic E-state index is 12.7. The molecule has 2 fully saturated rings. The second kappa shape index (κ2) is 15.7. The Morgan fingerprint density at radius 1 is 0.745 bits per heavy atom. The smallest absolute Gasteiger partial charge is 0.240 e. The van der Waals surface area contributed by atoms with Crippen LogP contribution in [-0.2, 0) is 32.6 Å². The Balaban J connectivity index is 1.18. The summed E-state index contributed by atoms with van der Waals surface area (Å²) in [5.74, 6) is 0.151. The lowest BCUT2D eigenvalue weighted by Crippen LogP contribution is -2.45. The second-order valence-corrected chi connectivity index (χ2v) is 14.6. The minimum atomic E-state index is -3.60. The van der Waals surface area contributed by atoms with E-state index in [4.69, 9.17) is 9.47 Å². The number of hydrogen-bond acceptors (Lipinski definition) is 6. The molecule has 2 saturated heterocycles. The highest BCUT2D eigenvalue weighted by Gasteiger charge is 2.39. The molecule has 0 amide bonds. The number of sulfonamides is 1. The van der Waals surface area contributed by atoms with E-state index in [1.807, 2.05) is 36.4 Å². The normalized spacial score (nSPS) is 22.8. The number of ether oxygens (including phenoxy) is 2. The fraction of sp³-hybridized carbons (Fsp3) is 0.385. The van der Waals surface area contributed by atoms with Gasteiger partial charge in [0.1, 0.15) is 0 Å². The van der Waals surface area contributed by atoms with E-state index in [9.17, 15) is 13.5 Å². The van der Waals surface area contributed by atoms with Crippen molar-refractivity contribution in [3.63, 3.8) is 0 Å². The summed E-state index contributed by atoms with van der Waals surface area (Å²) in [5.41, 5.74) is 5.85. The van der Waals surface area contributed by atoms with Crippen molar-refractivity contribution in [2.24, 2.45) is 5.92 Å². The van der Waals surface area contributed by atoms with Crippen LogP contribution in [0.4, 0.5) is 0 Å². The van der Waals surface area contributed by atoms with Crippen LogP contribution in [0.5, 0.6) is 0 Å². The van der Waals surface area contributed by atoms with Crippen molar-refractivity contribution in [2.75, 3.05) is 19.6 Å². The third kappa shape index (κ3) is 8.57. The molecule has 4 unspecified atom stereocenters. The van der Waals surface area contributed by atoms with E-state index in [-0.39, 0.29) is 36.2 Å². The van der Waals surface area contributed by atoms with E-state index in [0.29, 0.717) is 0 Å². The van der Waals surface area contributed by atoms with E-state index in [1.54, 1.807) is 30.3 Å². The first-order valence-corrected chi connectivity index (χ1v) is 18.3. The van der Waals surface area contributed by atoms with Crippen LogP contribution < -0.4 is 4.72 Å². The molecule has 0 aliphatic carbocycles. The number of likely N-dealkylation sites (tertiary alicyclic amines) is 1. The fourth-order valence-corrected chi connectivity index (χ4v) is 7.67. The van der Waals surface area contributed by atoms with Crippen LogP contribution in [0.15, 0.2) is 108 Å². The average molecular weight is 655 g/mol. The van der Waals surface area contributed by atoms with Gasteiger partial charge in [0.05, 0.1) is 23.7 Å². The van der Waals surface area contributed by atoms with E-state index >= 15 is 0 Å². The van der Waals surface area contributed by atoms with Crippen LogP contribution in [0.1, 0.15) is 73.7 Å². The van der Waals surface area contributed by atoms with Gasteiger partial charge in [-0.25, -0.2) is 13.1 Å². The van der Waals surface area contributed by atoms with Gasteiger partial charge in [-0.1, -0.05) is 111 Å². The van der Waals surface area contributed by atoms with Crippen LogP contribution in [0.2, 0.25) is 0 Å². The molecule has 248 valence electrons. The van der Waals surface area contributed by atoms with E-state index in [2.05, 4.69) is 52.9 Å². The summed E-state index contributed by atoms with van der Waals surface area (Å²) in [6, 6.07) is 32.7. The van der Waals surface area contributed by atoms with Crippen LogP contribution in [0.3, 0.4) is 0 Å². The highest BCUT2D eigenvalue weighted by atomic mass is 32.2. The Morgan fingerprint density at radius 3 is 2.13 bits per heavy atom.